The van der Waals surface area contributed by atoms with E-state index in [9.17, 15) is 9.90 Å². The van der Waals surface area contributed by atoms with Crippen LogP contribution in [0.5, 0.6) is 11.5 Å². The van der Waals surface area contributed by atoms with Crippen LogP contribution >= 0.6 is 23.2 Å². The van der Waals surface area contributed by atoms with E-state index in [0.29, 0.717) is 38.9 Å². The Hall–Kier alpha value is -2.83. The molecule has 0 bridgehead atoms. The minimum absolute atomic E-state index is 0.126. The molecule has 0 spiro atoms. The van der Waals surface area contributed by atoms with Crippen LogP contribution < -0.4 is 10.5 Å². The lowest BCUT2D eigenvalue weighted by Crippen LogP contribution is -2.20. The summed E-state index contributed by atoms with van der Waals surface area (Å²) in [7, 11) is 0. The predicted molar refractivity (Wildman–Crippen MR) is 103 cm³/mol. The van der Waals surface area contributed by atoms with Gasteiger partial charge in [-0.1, -0.05) is 29.3 Å². The van der Waals surface area contributed by atoms with E-state index in [0.717, 1.165) is 5.56 Å². The van der Waals surface area contributed by atoms with Gasteiger partial charge in [-0.2, -0.15) is 0 Å². The average Bonchev–Trinajstić information content (AvgIpc) is 2.65. The number of benzene rings is 2. The van der Waals surface area contributed by atoms with Crippen molar-refractivity contribution in [2.45, 2.75) is 6.42 Å². The highest BCUT2D eigenvalue weighted by molar-refractivity contribution is 6.36. The molecule has 2 aromatic carbocycles. The van der Waals surface area contributed by atoms with Crippen molar-refractivity contribution in [3.8, 4) is 22.6 Å². The predicted octanol–water partition coefficient (Wildman–Crippen LogP) is 3.61. The van der Waals surface area contributed by atoms with Crippen molar-refractivity contribution in [2.24, 2.45) is 5.73 Å². The second kappa shape index (κ2) is 8.24. The lowest BCUT2D eigenvalue weighted by molar-refractivity contribution is -0.119. The molecule has 0 aliphatic heterocycles. The van der Waals surface area contributed by atoms with Gasteiger partial charge in [-0.15, -0.1) is 0 Å². The van der Waals surface area contributed by atoms with E-state index < -0.39 is 5.91 Å². The number of rotatable bonds is 6. The fourth-order valence-electron chi connectivity index (χ4n) is 2.55. The first-order valence-corrected chi connectivity index (χ1v) is 8.66. The number of primary amides is 1. The number of aromatic hydroxyl groups is 1. The number of aromatic nitrogens is 2. The first-order valence-electron chi connectivity index (χ1n) is 7.90. The van der Waals surface area contributed by atoms with E-state index in [1.54, 1.807) is 36.7 Å². The molecule has 27 heavy (non-hydrogen) atoms. The summed E-state index contributed by atoms with van der Waals surface area (Å²) >= 11 is 12.7. The summed E-state index contributed by atoms with van der Waals surface area (Å²) < 4.78 is 5.24. The highest BCUT2D eigenvalue weighted by Crippen LogP contribution is 2.34. The van der Waals surface area contributed by atoms with Crippen molar-refractivity contribution in [3.05, 3.63) is 70.2 Å². The lowest BCUT2D eigenvalue weighted by Gasteiger charge is -2.12. The van der Waals surface area contributed by atoms with Crippen molar-refractivity contribution in [3.63, 3.8) is 0 Å². The van der Waals surface area contributed by atoms with Crippen molar-refractivity contribution in [1.82, 2.24) is 9.97 Å². The van der Waals surface area contributed by atoms with Gasteiger partial charge in [0, 0.05) is 40.0 Å². The molecule has 3 rings (SSSR count). The summed E-state index contributed by atoms with van der Waals surface area (Å²) in [5.41, 5.74) is 7.96. The van der Waals surface area contributed by atoms with Crippen LogP contribution in [-0.2, 0) is 11.2 Å². The summed E-state index contributed by atoms with van der Waals surface area (Å²) in [6, 6.07) is 8.38. The quantitative estimate of drug-likeness (QED) is 0.654. The highest BCUT2D eigenvalue weighted by atomic mass is 35.5. The smallest absolute Gasteiger partial charge is 0.255 e. The number of carbonyl (C=O) groups is 1. The fraction of sp³-hybridized carbons (Fsp3) is 0.105. The standard InChI is InChI=1S/C19H15Cl2N3O3/c20-16-5-13(27-9-19(22)26)6-17(21)15(16)4-11-1-2-18(25)14(3-11)12-7-23-10-24-8-12/h1-3,5-8,10,25H,4,9H2,(H2,22,26). The summed E-state index contributed by atoms with van der Waals surface area (Å²) in [6.07, 6.45) is 5.11. The number of phenolic OH excluding ortho intramolecular Hbond substituents is 1. The van der Waals surface area contributed by atoms with E-state index in [-0.39, 0.29) is 12.4 Å². The molecule has 8 heteroatoms. The number of amides is 1. The number of hydrogen-bond acceptors (Lipinski definition) is 5. The molecule has 1 heterocycles. The maximum atomic E-state index is 10.8. The molecule has 0 aliphatic rings. The van der Waals surface area contributed by atoms with Crippen LogP contribution in [0, 0.1) is 0 Å². The van der Waals surface area contributed by atoms with Crippen molar-refractivity contribution < 1.29 is 14.6 Å². The molecule has 0 unspecified atom stereocenters. The summed E-state index contributed by atoms with van der Waals surface area (Å²) in [5, 5.41) is 10.9. The third-order valence-corrected chi connectivity index (χ3v) is 4.48. The first kappa shape index (κ1) is 18.9. The summed E-state index contributed by atoms with van der Waals surface area (Å²) in [6.45, 7) is -0.257. The van der Waals surface area contributed by atoms with Crippen LogP contribution in [0.15, 0.2) is 49.1 Å². The molecule has 3 aromatic rings. The van der Waals surface area contributed by atoms with Crippen LogP contribution in [-0.4, -0.2) is 27.6 Å². The topological polar surface area (TPSA) is 98.3 Å². The van der Waals surface area contributed by atoms with Crippen LogP contribution in [0.4, 0.5) is 0 Å². The molecule has 138 valence electrons. The maximum absolute atomic E-state index is 10.8. The number of carbonyl (C=O) groups excluding carboxylic acids is 1. The molecule has 1 aromatic heterocycles. The Balaban J connectivity index is 1.88. The number of phenols is 1. The van der Waals surface area contributed by atoms with E-state index >= 15 is 0 Å². The van der Waals surface area contributed by atoms with Gasteiger partial charge in [0.2, 0.25) is 0 Å². The van der Waals surface area contributed by atoms with Gasteiger partial charge < -0.3 is 15.6 Å². The summed E-state index contributed by atoms with van der Waals surface area (Å²) in [4.78, 5) is 18.8. The van der Waals surface area contributed by atoms with Crippen LogP contribution in [0.25, 0.3) is 11.1 Å². The number of halogens is 2. The Morgan fingerprint density at radius 2 is 1.78 bits per heavy atom. The molecule has 0 fully saturated rings. The Morgan fingerprint density at radius 1 is 1.11 bits per heavy atom. The Morgan fingerprint density at radius 3 is 2.41 bits per heavy atom. The molecule has 0 radical (unpaired) electrons. The zero-order chi connectivity index (χ0) is 19.4. The minimum Gasteiger partial charge on any atom is -0.507 e. The van der Waals surface area contributed by atoms with Gasteiger partial charge in [0.1, 0.15) is 17.8 Å². The minimum atomic E-state index is -0.590. The van der Waals surface area contributed by atoms with Gasteiger partial charge in [0.15, 0.2) is 6.61 Å². The van der Waals surface area contributed by atoms with Gasteiger partial charge in [-0.3, -0.25) is 4.79 Å². The van der Waals surface area contributed by atoms with Crippen LogP contribution in [0.1, 0.15) is 11.1 Å². The van der Waals surface area contributed by atoms with Gasteiger partial charge in [0.05, 0.1) is 0 Å². The van der Waals surface area contributed by atoms with E-state index in [1.807, 2.05) is 6.07 Å². The third-order valence-electron chi connectivity index (χ3n) is 3.81. The maximum Gasteiger partial charge on any atom is 0.255 e. The fourth-order valence-corrected chi connectivity index (χ4v) is 3.15. The first-order chi connectivity index (χ1) is 12.9. The zero-order valence-corrected chi connectivity index (χ0v) is 15.5. The molecule has 6 nitrogen and oxygen atoms in total. The second-order valence-corrected chi connectivity index (χ2v) is 6.59. The largest absolute Gasteiger partial charge is 0.507 e. The van der Waals surface area contributed by atoms with E-state index in [2.05, 4.69) is 9.97 Å². The molecule has 0 aliphatic carbocycles. The molecular formula is C19H15Cl2N3O3. The lowest BCUT2D eigenvalue weighted by atomic mass is 9.99. The van der Waals surface area contributed by atoms with Crippen molar-refractivity contribution in [1.29, 1.82) is 0 Å². The molecule has 0 atom stereocenters. The zero-order valence-electron chi connectivity index (χ0n) is 14.0. The van der Waals surface area contributed by atoms with Crippen LogP contribution in [0.2, 0.25) is 10.0 Å². The molecular weight excluding hydrogens is 389 g/mol. The van der Waals surface area contributed by atoms with Crippen molar-refractivity contribution >= 4 is 29.1 Å². The van der Waals surface area contributed by atoms with Crippen LogP contribution in [0.3, 0.4) is 0 Å². The highest BCUT2D eigenvalue weighted by Gasteiger charge is 2.13. The van der Waals surface area contributed by atoms with Gasteiger partial charge in [-0.05, 0) is 35.4 Å². The Bertz CT molecular complexity index is 958. The summed E-state index contributed by atoms with van der Waals surface area (Å²) in [5.74, 6) is -0.103. The average molecular weight is 404 g/mol. The number of nitrogens with two attached hydrogens (primary N) is 1. The van der Waals surface area contributed by atoms with E-state index in [4.69, 9.17) is 33.7 Å². The van der Waals surface area contributed by atoms with Gasteiger partial charge in [0.25, 0.3) is 5.91 Å². The molecule has 0 saturated carbocycles. The molecule has 1 amide bonds. The normalized spacial score (nSPS) is 10.6. The Labute approximate surface area is 165 Å². The van der Waals surface area contributed by atoms with E-state index in [1.165, 1.54) is 6.33 Å². The SMILES string of the molecule is NC(=O)COc1cc(Cl)c(Cc2ccc(O)c(-c3cncnc3)c2)c(Cl)c1. The Kier molecular flexibility index (Phi) is 5.78. The van der Waals surface area contributed by atoms with Gasteiger partial charge in [-0.25, -0.2) is 9.97 Å². The monoisotopic (exact) mass is 403 g/mol. The molecule has 3 N–H and O–H groups in total. The number of nitrogens with zero attached hydrogens (tertiary/aromatic N) is 2. The number of ether oxygens (including phenoxy) is 1. The van der Waals surface area contributed by atoms with Crippen molar-refractivity contribution in [2.75, 3.05) is 6.61 Å². The number of hydrogen-bond donors (Lipinski definition) is 2. The second-order valence-electron chi connectivity index (χ2n) is 5.78. The molecule has 0 saturated heterocycles. The van der Waals surface area contributed by atoms with Gasteiger partial charge >= 0.3 is 0 Å². The third kappa shape index (κ3) is 4.67.